The molecule has 0 radical (unpaired) electrons. The van der Waals surface area contributed by atoms with Crippen molar-refractivity contribution in [2.45, 2.75) is 20.3 Å². The maximum Gasteiger partial charge on any atom is 0.175 e. The number of hydrogen-bond acceptors (Lipinski definition) is 2. The molecule has 0 fully saturated rings. The Balaban J connectivity index is 2.65. The molecule has 15 heavy (non-hydrogen) atoms. The van der Waals surface area contributed by atoms with Crippen LogP contribution in [0.4, 0.5) is 0 Å². The van der Waals surface area contributed by atoms with Crippen molar-refractivity contribution in [1.29, 1.82) is 0 Å². The van der Waals surface area contributed by atoms with E-state index in [1.807, 2.05) is 32.0 Å². The predicted octanol–water partition coefficient (Wildman–Crippen LogP) is 2.34. The Morgan fingerprint density at radius 3 is 2.73 bits per heavy atom. The molecule has 3 heteroatoms. The highest BCUT2D eigenvalue weighted by molar-refractivity contribution is 7.85. The summed E-state index contributed by atoms with van der Waals surface area (Å²) in [4.78, 5) is 11.7. The van der Waals surface area contributed by atoms with Gasteiger partial charge in [-0.05, 0) is 19.4 Å². The van der Waals surface area contributed by atoms with E-state index in [2.05, 4.69) is 0 Å². The third-order valence-electron chi connectivity index (χ3n) is 2.06. The van der Waals surface area contributed by atoms with E-state index in [0.29, 0.717) is 11.3 Å². The molecule has 1 aromatic rings. The van der Waals surface area contributed by atoms with Crippen LogP contribution in [-0.2, 0) is 10.8 Å². The van der Waals surface area contributed by atoms with Crippen molar-refractivity contribution in [3.8, 4) is 0 Å². The summed E-state index contributed by atoms with van der Waals surface area (Å²) < 4.78 is 11.4. The van der Waals surface area contributed by atoms with Gasteiger partial charge in [-0.1, -0.05) is 30.7 Å². The van der Waals surface area contributed by atoms with Gasteiger partial charge in [-0.3, -0.25) is 9.00 Å². The van der Waals surface area contributed by atoms with Gasteiger partial charge in [0.2, 0.25) is 0 Å². The fraction of sp³-hybridized carbons (Fsp3) is 0.417. The molecule has 0 aliphatic heterocycles. The number of hydrogen-bond donors (Lipinski definition) is 0. The third kappa shape index (κ3) is 3.96. The van der Waals surface area contributed by atoms with Gasteiger partial charge in [0.05, 0.1) is 5.75 Å². The van der Waals surface area contributed by atoms with Crippen LogP contribution in [0.3, 0.4) is 0 Å². The molecule has 0 N–H and O–H groups in total. The van der Waals surface area contributed by atoms with E-state index < -0.39 is 10.8 Å². The minimum atomic E-state index is -1.01. The molecule has 1 atom stereocenters. The van der Waals surface area contributed by atoms with Crippen LogP contribution in [0, 0.1) is 6.92 Å². The summed E-state index contributed by atoms with van der Waals surface area (Å²) in [6.07, 6.45) is 0.855. The molecule has 0 bridgehead atoms. The van der Waals surface area contributed by atoms with Crippen LogP contribution in [-0.4, -0.2) is 21.5 Å². The maximum absolute atomic E-state index is 11.7. The first-order chi connectivity index (χ1) is 7.13. The molecule has 0 aliphatic rings. The van der Waals surface area contributed by atoms with Gasteiger partial charge < -0.3 is 0 Å². The summed E-state index contributed by atoms with van der Waals surface area (Å²) in [6, 6.07) is 7.41. The molecule has 0 amide bonds. The zero-order valence-corrected chi connectivity index (χ0v) is 9.97. The second-order valence-electron chi connectivity index (χ2n) is 3.58. The van der Waals surface area contributed by atoms with Crippen LogP contribution in [0.5, 0.6) is 0 Å². The van der Waals surface area contributed by atoms with Gasteiger partial charge in [-0.2, -0.15) is 0 Å². The fourth-order valence-electron chi connectivity index (χ4n) is 1.35. The van der Waals surface area contributed by atoms with Gasteiger partial charge in [0.1, 0.15) is 0 Å². The number of rotatable bonds is 5. The highest BCUT2D eigenvalue weighted by Crippen LogP contribution is 2.05. The Kier molecular flexibility index (Phi) is 4.69. The molecular formula is C12H16O2S. The van der Waals surface area contributed by atoms with Gasteiger partial charge in [0.15, 0.2) is 5.78 Å². The molecule has 1 unspecified atom stereocenters. The summed E-state index contributed by atoms with van der Waals surface area (Å²) in [5, 5.41) is 0. The lowest BCUT2D eigenvalue weighted by Gasteiger charge is -2.01. The lowest BCUT2D eigenvalue weighted by Crippen LogP contribution is -2.13. The monoisotopic (exact) mass is 224 g/mol. The number of benzene rings is 1. The van der Waals surface area contributed by atoms with Gasteiger partial charge in [-0.25, -0.2) is 0 Å². The van der Waals surface area contributed by atoms with E-state index in [-0.39, 0.29) is 11.5 Å². The Bertz CT molecular complexity index is 372. The minimum absolute atomic E-state index is 0.0227. The first-order valence-corrected chi connectivity index (χ1v) is 6.57. The molecule has 0 saturated carbocycles. The lowest BCUT2D eigenvalue weighted by atomic mass is 10.1. The summed E-state index contributed by atoms with van der Waals surface area (Å²) in [6.45, 7) is 3.91. The number of aryl methyl sites for hydroxylation is 1. The Labute approximate surface area is 93.2 Å². The van der Waals surface area contributed by atoms with E-state index in [1.54, 1.807) is 6.07 Å². The highest BCUT2D eigenvalue weighted by atomic mass is 32.2. The molecule has 1 aromatic carbocycles. The van der Waals surface area contributed by atoms with Gasteiger partial charge in [0.25, 0.3) is 0 Å². The smallest absolute Gasteiger partial charge is 0.175 e. The molecule has 0 saturated heterocycles. The molecule has 1 rings (SSSR count). The molecule has 0 aromatic heterocycles. The normalized spacial score (nSPS) is 12.4. The predicted molar refractivity (Wildman–Crippen MR) is 63.7 cm³/mol. The zero-order chi connectivity index (χ0) is 11.3. The molecule has 0 heterocycles. The Morgan fingerprint density at radius 1 is 1.40 bits per heavy atom. The van der Waals surface area contributed by atoms with Crippen molar-refractivity contribution in [1.82, 2.24) is 0 Å². The van der Waals surface area contributed by atoms with E-state index in [4.69, 9.17) is 0 Å². The first-order valence-electron chi connectivity index (χ1n) is 5.08. The number of carbonyl (C=O) groups is 1. The highest BCUT2D eigenvalue weighted by Gasteiger charge is 2.09. The third-order valence-corrected chi connectivity index (χ3v) is 3.51. The lowest BCUT2D eigenvalue weighted by molar-refractivity contribution is 0.102. The number of ketones is 1. The van der Waals surface area contributed by atoms with Crippen LogP contribution in [0.25, 0.3) is 0 Å². The number of carbonyl (C=O) groups excluding carboxylic acids is 1. The molecule has 0 spiro atoms. The van der Waals surface area contributed by atoms with E-state index in [9.17, 15) is 9.00 Å². The summed E-state index contributed by atoms with van der Waals surface area (Å²) in [5.74, 6) is 0.736. The van der Waals surface area contributed by atoms with Crippen molar-refractivity contribution in [2.24, 2.45) is 0 Å². The van der Waals surface area contributed by atoms with E-state index in [0.717, 1.165) is 12.0 Å². The second kappa shape index (κ2) is 5.81. The molecular weight excluding hydrogens is 208 g/mol. The Morgan fingerprint density at radius 2 is 2.13 bits per heavy atom. The van der Waals surface area contributed by atoms with Crippen LogP contribution < -0.4 is 0 Å². The molecule has 2 nitrogen and oxygen atoms in total. The van der Waals surface area contributed by atoms with Crippen LogP contribution in [0.15, 0.2) is 24.3 Å². The van der Waals surface area contributed by atoms with Gasteiger partial charge in [0, 0.05) is 22.1 Å². The van der Waals surface area contributed by atoms with Crippen molar-refractivity contribution in [3.05, 3.63) is 35.4 Å². The average molecular weight is 224 g/mol. The average Bonchev–Trinajstić information content (AvgIpc) is 2.18. The minimum Gasteiger partial charge on any atom is -0.293 e. The second-order valence-corrected chi connectivity index (χ2v) is 5.16. The zero-order valence-electron chi connectivity index (χ0n) is 9.16. The van der Waals surface area contributed by atoms with Crippen LogP contribution in [0.2, 0.25) is 0 Å². The van der Waals surface area contributed by atoms with Gasteiger partial charge in [-0.15, -0.1) is 0 Å². The SMILES string of the molecule is CCCS(=O)CC(=O)c1cccc(C)c1. The maximum atomic E-state index is 11.7. The summed E-state index contributed by atoms with van der Waals surface area (Å²) >= 11 is 0. The Hall–Kier alpha value is -0.960. The summed E-state index contributed by atoms with van der Waals surface area (Å²) in [5.41, 5.74) is 1.72. The summed E-state index contributed by atoms with van der Waals surface area (Å²) in [7, 11) is -1.01. The number of Topliss-reactive ketones (excluding diaryl/α,β-unsaturated/α-hetero) is 1. The molecule has 0 aliphatic carbocycles. The van der Waals surface area contributed by atoms with Gasteiger partial charge >= 0.3 is 0 Å². The van der Waals surface area contributed by atoms with E-state index in [1.165, 1.54) is 0 Å². The standard InChI is InChI=1S/C12H16O2S/c1-3-7-15(14)9-12(13)11-6-4-5-10(2)8-11/h4-6,8H,3,7,9H2,1-2H3. The first kappa shape index (κ1) is 12.1. The largest absolute Gasteiger partial charge is 0.293 e. The van der Waals surface area contributed by atoms with E-state index >= 15 is 0 Å². The van der Waals surface area contributed by atoms with Crippen LogP contribution in [0.1, 0.15) is 29.3 Å². The van der Waals surface area contributed by atoms with Crippen molar-refractivity contribution < 1.29 is 9.00 Å². The quantitative estimate of drug-likeness (QED) is 0.719. The molecule has 82 valence electrons. The topological polar surface area (TPSA) is 34.1 Å². The fourth-order valence-corrected chi connectivity index (χ4v) is 2.41. The van der Waals surface area contributed by atoms with Crippen molar-refractivity contribution >= 4 is 16.6 Å². The van der Waals surface area contributed by atoms with Crippen LogP contribution >= 0.6 is 0 Å². The van der Waals surface area contributed by atoms with Crippen molar-refractivity contribution in [2.75, 3.05) is 11.5 Å². The van der Waals surface area contributed by atoms with Crippen molar-refractivity contribution in [3.63, 3.8) is 0 Å².